The summed E-state index contributed by atoms with van der Waals surface area (Å²) >= 11 is 7.46. The zero-order valence-electron chi connectivity index (χ0n) is 11.2. The molecule has 1 amide bonds. The molecule has 0 bridgehead atoms. The van der Waals surface area contributed by atoms with Crippen molar-refractivity contribution < 1.29 is 4.79 Å². The fourth-order valence-corrected chi connectivity index (χ4v) is 3.17. The predicted octanol–water partition coefficient (Wildman–Crippen LogP) is 4.83. The lowest BCUT2D eigenvalue weighted by Crippen LogP contribution is -2.11. The maximum Gasteiger partial charge on any atom is 0.265 e. The summed E-state index contributed by atoms with van der Waals surface area (Å²) in [7, 11) is 0. The van der Waals surface area contributed by atoms with Gasteiger partial charge < -0.3 is 5.32 Å². The third kappa shape index (κ3) is 3.17. The summed E-state index contributed by atoms with van der Waals surface area (Å²) < 4.78 is 0. The lowest BCUT2D eigenvalue weighted by atomic mass is 10.2. The number of hydrogen-bond donors (Lipinski definition) is 1. The Bertz CT molecular complexity index is 619. The molecule has 0 aliphatic rings. The van der Waals surface area contributed by atoms with E-state index in [1.54, 1.807) is 17.4 Å². The van der Waals surface area contributed by atoms with Gasteiger partial charge in [0.1, 0.15) is 0 Å². The Morgan fingerprint density at radius 3 is 2.58 bits per heavy atom. The van der Waals surface area contributed by atoms with Crippen molar-refractivity contribution in [2.24, 2.45) is 0 Å². The summed E-state index contributed by atoms with van der Waals surface area (Å²) in [5.74, 6) is -0.0572. The number of carbonyl (C=O) groups is 1. The number of halogens is 1. The molecule has 4 heteroatoms. The molecule has 0 saturated heterocycles. The second-order valence-corrected chi connectivity index (χ2v) is 6.06. The molecule has 1 heterocycles. The maximum absolute atomic E-state index is 12.2. The minimum absolute atomic E-state index is 0.0572. The number of amides is 1. The normalized spacial score (nSPS) is 10.5. The van der Waals surface area contributed by atoms with Gasteiger partial charge in [-0.25, -0.2) is 0 Å². The third-order valence-corrected chi connectivity index (χ3v) is 4.62. The van der Waals surface area contributed by atoms with Crippen molar-refractivity contribution in [3.8, 4) is 0 Å². The number of benzene rings is 1. The second-order valence-electron chi connectivity index (χ2n) is 4.48. The van der Waals surface area contributed by atoms with E-state index in [0.717, 1.165) is 22.5 Å². The van der Waals surface area contributed by atoms with Crippen LogP contribution < -0.4 is 5.32 Å². The number of nitrogens with one attached hydrogen (secondary N) is 1. The molecular weight excluding hydrogens is 278 g/mol. The predicted molar refractivity (Wildman–Crippen MR) is 82.6 cm³/mol. The first-order chi connectivity index (χ1) is 9.01. The van der Waals surface area contributed by atoms with Crippen LogP contribution in [0.2, 0.25) is 5.02 Å². The SMILES string of the molecule is CCc1sc(C(=O)Nc2ccc(Cl)cc2C)cc1C. The van der Waals surface area contributed by atoms with Gasteiger partial charge >= 0.3 is 0 Å². The van der Waals surface area contributed by atoms with Crippen LogP contribution in [0, 0.1) is 13.8 Å². The van der Waals surface area contributed by atoms with E-state index < -0.39 is 0 Å². The van der Waals surface area contributed by atoms with Crippen molar-refractivity contribution in [2.75, 3.05) is 5.32 Å². The molecule has 1 aromatic carbocycles. The summed E-state index contributed by atoms with van der Waals surface area (Å²) in [6.07, 6.45) is 0.962. The second kappa shape index (κ2) is 5.76. The van der Waals surface area contributed by atoms with Crippen LogP contribution >= 0.6 is 22.9 Å². The Kier molecular flexibility index (Phi) is 4.27. The van der Waals surface area contributed by atoms with Crippen molar-refractivity contribution in [3.63, 3.8) is 0 Å². The van der Waals surface area contributed by atoms with Crippen molar-refractivity contribution in [1.82, 2.24) is 0 Å². The Balaban J connectivity index is 2.20. The lowest BCUT2D eigenvalue weighted by molar-refractivity contribution is 0.103. The van der Waals surface area contributed by atoms with Crippen LogP contribution in [0.1, 0.15) is 32.6 Å². The van der Waals surface area contributed by atoms with E-state index in [2.05, 4.69) is 12.2 Å². The summed E-state index contributed by atoms with van der Waals surface area (Å²) in [6, 6.07) is 7.40. The van der Waals surface area contributed by atoms with E-state index in [4.69, 9.17) is 11.6 Å². The zero-order valence-corrected chi connectivity index (χ0v) is 12.8. The third-order valence-electron chi connectivity index (χ3n) is 3.00. The van der Waals surface area contributed by atoms with E-state index in [1.807, 2.05) is 32.0 Å². The summed E-state index contributed by atoms with van der Waals surface area (Å²) in [6.45, 7) is 6.07. The van der Waals surface area contributed by atoms with E-state index in [-0.39, 0.29) is 5.91 Å². The Morgan fingerprint density at radius 2 is 2.00 bits per heavy atom. The van der Waals surface area contributed by atoms with Gasteiger partial charge in [-0.05, 0) is 55.7 Å². The number of aryl methyl sites for hydroxylation is 3. The molecule has 0 radical (unpaired) electrons. The average molecular weight is 294 g/mol. The fraction of sp³-hybridized carbons (Fsp3) is 0.267. The first kappa shape index (κ1) is 14.1. The van der Waals surface area contributed by atoms with Crippen molar-refractivity contribution in [2.45, 2.75) is 27.2 Å². The van der Waals surface area contributed by atoms with Crippen LogP contribution in [0.5, 0.6) is 0 Å². The molecule has 1 aromatic heterocycles. The molecule has 2 nitrogen and oxygen atoms in total. The van der Waals surface area contributed by atoms with Crippen molar-refractivity contribution in [3.05, 3.63) is 50.2 Å². The van der Waals surface area contributed by atoms with Crippen LogP contribution in [-0.2, 0) is 6.42 Å². The number of thiophene rings is 1. The summed E-state index contributed by atoms with van der Waals surface area (Å²) in [4.78, 5) is 14.2. The molecule has 1 N–H and O–H groups in total. The number of anilines is 1. The van der Waals surface area contributed by atoms with Crippen molar-refractivity contribution >= 4 is 34.5 Å². The van der Waals surface area contributed by atoms with Gasteiger partial charge in [0.25, 0.3) is 5.91 Å². The quantitative estimate of drug-likeness (QED) is 0.862. The maximum atomic E-state index is 12.2. The summed E-state index contributed by atoms with van der Waals surface area (Å²) in [5.41, 5.74) is 2.95. The monoisotopic (exact) mass is 293 g/mol. The smallest absolute Gasteiger partial charge is 0.265 e. The van der Waals surface area contributed by atoms with Gasteiger partial charge in [0.2, 0.25) is 0 Å². The Morgan fingerprint density at radius 1 is 1.26 bits per heavy atom. The first-order valence-electron chi connectivity index (χ1n) is 6.18. The highest BCUT2D eigenvalue weighted by Gasteiger charge is 2.12. The van der Waals surface area contributed by atoms with Crippen LogP contribution in [0.15, 0.2) is 24.3 Å². The minimum Gasteiger partial charge on any atom is -0.321 e. The standard InChI is InChI=1S/C15H16ClNOS/c1-4-13-10(3)8-14(19-13)15(18)17-12-6-5-11(16)7-9(12)2/h5-8H,4H2,1-3H3,(H,17,18). The summed E-state index contributed by atoms with van der Waals surface area (Å²) in [5, 5.41) is 3.61. The number of carbonyl (C=O) groups excluding carboxylic acids is 1. The molecule has 0 saturated carbocycles. The highest BCUT2D eigenvalue weighted by Crippen LogP contribution is 2.25. The van der Waals surface area contributed by atoms with Crippen LogP contribution in [0.4, 0.5) is 5.69 Å². The zero-order chi connectivity index (χ0) is 14.0. The fourth-order valence-electron chi connectivity index (χ4n) is 1.93. The molecule has 2 rings (SSSR count). The molecule has 0 aliphatic carbocycles. The molecule has 0 atom stereocenters. The van der Waals surface area contributed by atoms with Gasteiger partial charge in [0, 0.05) is 15.6 Å². The average Bonchev–Trinajstić information content (AvgIpc) is 2.74. The molecule has 0 fully saturated rings. The van der Waals surface area contributed by atoms with Crippen molar-refractivity contribution in [1.29, 1.82) is 0 Å². The molecule has 0 spiro atoms. The minimum atomic E-state index is -0.0572. The lowest BCUT2D eigenvalue weighted by Gasteiger charge is -2.07. The van der Waals surface area contributed by atoms with Gasteiger partial charge in [-0.3, -0.25) is 4.79 Å². The van der Waals surface area contributed by atoms with Gasteiger partial charge in [0.05, 0.1) is 4.88 Å². The number of rotatable bonds is 3. The van der Waals surface area contributed by atoms with Gasteiger partial charge in [-0.2, -0.15) is 0 Å². The topological polar surface area (TPSA) is 29.1 Å². The largest absolute Gasteiger partial charge is 0.321 e. The highest BCUT2D eigenvalue weighted by atomic mass is 35.5. The van der Waals surface area contributed by atoms with Crippen LogP contribution in [0.3, 0.4) is 0 Å². The molecule has 19 heavy (non-hydrogen) atoms. The Labute approximate surface area is 122 Å². The van der Waals surface area contributed by atoms with E-state index >= 15 is 0 Å². The Hall–Kier alpha value is -1.32. The molecule has 100 valence electrons. The van der Waals surface area contributed by atoms with Gasteiger partial charge in [0.15, 0.2) is 0 Å². The van der Waals surface area contributed by atoms with E-state index in [1.165, 1.54) is 10.4 Å². The molecule has 0 unspecified atom stereocenters. The van der Waals surface area contributed by atoms with Gasteiger partial charge in [-0.1, -0.05) is 18.5 Å². The first-order valence-corrected chi connectivity index (χ1v) is 7.37. The van der Waals surface area contributed by atoms with Crippen LogP contribution in [0.25, 0.3) is 0 Å². The molecular formula is C15H16ClNOS. The number of hydrogen-bond acceptors (Lipinski definition) is 2. The van der Waals surface area contributed by atoms with E-state index in [9.17, 15) is 4.79 Å². The van der Waals surface area contributed by atoms with Crippen LogP contribution in [-0.4, -0.2) is 5.91 Å². The van der Waals surface area contributed by atoms with E-state index in [0.29, 0.717) is 5.02 Å². The molecule has 2 aromatic rings. The highest BCUT2D eigenvalue weighted by molar-refractivity contribution is 7.14. The van der Waals surface area contributed by atoms with Gasteiger partial charge in [-0.15, -0.1) is 11.3 Å². The molecule has 0 aliphatic heterocycles.